The van der Waals surface area contributed by atoms with Crippen molar-refractivity contribution >= 4 is 17.3 Å². The third-order valence-electron chi connectivity index (χ3n) is 3.32. The third-order valence-corrected chi connectivity index (χ3v) is 3.32. The van der Waals surface area contributed by atoms with Crippen molar-refractivity contribution in [3.05, 3.63) is 36.4 Å². The van der Waals surface area contributed by atoms with E-state index in [9.17, 15) is 9.90 Å². The maximum atomic E-state index is 11.7. The number of nitrogens with zero attached hydrogens (tertiary/aromatic N) is 2. The topological polar surface area (TPSA) is 64.0 Å². The van der Waals surface area contributed by atoms with E-state index in [0.717, 1.165) is 5.69 Å². The summed E-state index contributed by atoms with van der Waals surface area (Å²) < 4.78 is 0. The molecule has 0 fully saturated rings. The lowest BCUT2D eigenvalue weighted by atomic mass is 10.1. The van der Waals surface area contributed by atoms with Crippen LogP contribution in [-0.2, 0) is 4.79 Å². The van der Waals surface area contributed by atoms with Gasteiger partial charge >= 0.3 is 0 Å². The van der Waals surface area contributed by atoms with Crippen LogP contribution in [0.25, 0.3) is 0 Å². The van der Waals surface area contributed by atoms with Gasteiger partial charge in [0.15, 0.2) is 6.10 Å². The molecule has 0 saturated heterocycles. The second kappa shape index (κ2) is 5.42. The quantitative estimate of drug-likeness (QED) is 0.766. The van der Waals surface area contributed by atoms with Crippen LogP contribution in [0, 0.1) is 0 Å². The summed E-state index contributed by atoms with van der Waals surface area (Å²) >= 11 is 0. The maximum absolute atomic E-state index is 11.7. The van der Waals surface area contributed by atoms with Crippen molar-refractivity contribution in [2.75, 3.05) is 36.5 Å². The number of likely N-dealkylation sites (N-methyl/N-ethyl adjacent to an activating group) is 1. The predicted molar refractivity (Wildman–Crippen MR) is 74.3 cm³/mol. The number of aliphatic hydroxyl groups excluding tert-OH is 2. The fourth-order valence-corrected chi connectivity index (χ4v) is 2.29. The Labute approximate surface area is 112 Å². The highest BCUT2D eigenvalue weighted by Gasteiger charge is 2.33. The van der Waals surface area contributed by atoms with E-state index in [-0.39, 0.29) is 12.5 Å². The zero-order valence-corrected chi connectivity index (χ0v) is 10.9. The van der Waals surface area contributed by atoms with Crippen molar-refractivity contribution < 1.29 is 15.0 Å². The van der Waals surface area contributed by atoms with Crippen LogP contribution < -0.4 is 9.80 Å². The highest BCUT2D eigenvalue weighted by Crippen LogP contribution is 2.37. The molecular weight excluding hydrogens is 244 g/mol. The van der Waals surface area contributed by atoms with E-state index in [4.69, 9.17) is 5.11 Å². The van der Waals surface area contributed by atoms with Gasteiger partial charge in [0.05, 0.1) is 12.3 Å². The first kappa shape index (κ1) is 13.6. The van der Waals surface area contributed by atoms with E-state index in [0.29, 0.717) is 24.3 Å². The molecule has 0 aromatic heterocycles. The Balaban J connectivity index is 2.36. The number of rotatable bonds is 5. The molecule has 5 nitrogen and oxygen atoms in total. The standard InChI is InChI=1S/C14H18N2O3/c1-3-6-16(7-8-17)10-4-5-11-12(9-10)15(2)14(19)13(11)18/h3-5,9,13,17-18H,1,6-8H2,2H3. The van der Waals surface area contributed by atoms with Crippen molar-refractivity contribution in [1.29, 1.82) is 0 Å². The number of carbonyl (C=O) groups is 1. The van der Waals surface area contributed by atoms with Crippen molar-refractivity contribution in [3.8, 4) is 0 Å². The minimum atomic E-state index is -1.07. The number of amides is 1. The lowest BCUT2D eigenvalue weighted by molar-refractivity contribution is -0.125. The lowest BCUT2D eigenvalue weighted by Crippen LogP contribution is -2.27. The van der Waals surface area contributed by atoms with E-state index in [1.165, 1.54) is 4.90 Å². The van der Waals surface area contributed by atoms with Crippen LogP contribution >= 0.6 is 0 Å². The van der Waals surface area contributed by atoms with Crippen LogP contribution in [0.1, 0.15) is 11.7 Å². The minimum Gasteiger partial charge on any atom is -0.395 e. The van der Waals surface area contributed by atoms with Gasteiger partial charge in [0.2, 0.25) is 0 Å². The molecule has 19 heavy (non-hydrogen) atoms. The van der Waals surface area contributed by atoms with Crippen molar-refractivity contribution in [2.45, 2.75) is 6.10 Å². The molecule has 0 bridgehead atoms. The number of fused-ring (bicyclic) bond motifs is 1. The monoisotopic (exact) mass is 262 g/mol. The molecule has 1 atom stereocenters. The molecule has 1 aliphatic rings. The summed E-state index contributed by atoms with van der Waals surface area (Å²) in [6.07, 6.45) is 0.687. The fourth-order valence-electron chi connectivity index (χ4n) is 2.29. The van der Waals surface area contributed by atoms with Gasteiger partial charge in [-0.25, -0.2) is 0 Å². The molecule has 1 unspecified atom stereocenters. The van der Waals surface area contributed by atoms with Gasteiger partial charge in [-0.2, -0.15) is 0 Å². The summed E-state index contributed by atoms with van der Waals surface area (Å²) in [7, 11) is 1.64. The Hall–Kier alpha value is -1.85. The van der Waals surface area contributed by atoms with Crippen LogP contribution in [0.4, 0.5) is 11.4 Å². The highest BCUT2D eigenvalue weighted by atomic mass is 16.3. The molecule has 102 valence electrons. The van der Waals surface area contributed by atoms with E-state index in [1.807, 2.05) is 17.0 Å². The summed E-state index contributed by atoms with van der Waals surface area (Å²) in [6.45, 7) is 4.84. The second-order valence-electron chi connectivity index (χ2n) is 4.50. The molecule has 1 heterocycles. The van der Waals surface area contributed by atoms with Gasteiger partial charge in [-0.15, -0.1) is 6.58 Å². The number of carbonyl (C=O) groups excluding carboxylic acids is 1. The largest absolute Gasteiger partial charge is 0.395 e. The summed E-state index contributed by atoms with van der Waals surface area (Å²) in [5, 5.41) is 18.9. The van der Waals surface area contributed by atoms with Gasteiger partial charge in [-0.3, -0.25) is 4.79 Å². The SMILES string of the molecule is C=CCN(CCO)c1ccc2c(c1)N(C)C(=O)C2O. The van der Waals surface area contributed by atoms with Gasteiger partial charge in [-0.1, -0.05) is 12.1 Å². The van der Waals surface area contributed by atoms with E-state index in [1.54, 1.807) is 19.2 Å². The Bertz CT molecular complexity index is 501. The normalized spacial score (nSPS) is 17.5. The second-order valence-corrected chi connectivity index (χ2v) is 4.50. The van der Waals surface area contributed by atoms with E-state index < -0.39 is 6.10 Å². The number of hydrogen-bond donors (Lipinski definition) is 2. The summed E-state index contributed by atoms with van der Waals surface area (Å²) in [5.41, 5.74) is 2.22. The first-order chi connectivity index (χ1) is 9.10. The first-order valence-electron chi connectivity index (χ1n) is 6.16. The van der Waals surface area contributed by atoms with Crippen molar-refractivity contribution in [3.63, 3.8) is 0 Å². The zero-order valence-electron chi connectivity index (χ0n) is 10.9. The number of benzene rings is 1. The fraction of sp³-hybridized carbons (Fsp3) is 0.357. The number of aliphatic hydroxyl groups is 2. The van der Waals surface area contributed by atoms with E-state index in [2.05, 4.69) is 6.58 Å². The average molecular weight is 262 g/mol. The van der Waals surface area contributed by atoms with Crippen LogP contribution in [0.15, 0.2) is 30.9 Å². The molecule has 0 saturated carbocycles. The molecule has 1 amide bonds. The highest BCUT2D eigenvalue weighted by molar-refractivity contribution is 6.03. The smallest absolute Gasteiger partial charge is 0.260 e. The van der Waals surface area contributed by atoms with E-state index >= 15 is 0 Å². The average Bonchev–Trinajstić information content (AvgIpc) is 2.63. The van der Waals surface area contributed by atoms with Crippen LogP contribution in [0.2, 0.25) is 0 Å². The summed E-state index contributed by atoms with van der Waals surface area (Å²) in [4.78, 5) is 15.1. The van der Waals surface area contributed by atoms with Crippen molar-refractivity contribution in [2.24, 2.45) is 0 Å². The molecule has 2 N–H and O–H groups in total. The van der Waals surface area contributed by atoms with Gasteiger partial charge in [0, 0.05) is 31.4 Å². The molecule has 1 aromatic carbocycles. The Morgan fingerprint density at radius 1 is 1.53 bits per heavy atom. The van der Waals surface area contributed by atoms with Crippen LogP contribution in [0.5, 0.6) is 0 Å². The Morgan fingerprint density at radius 3 is 2.89 bits per heavy atom. The third kappa shape index (κ3) is 2.34. The van der Waals surface area contributed by atoms with Gasteiger partial charge in [0.1, 0.15) is 0 Å². The zero-order chi connectivity index (χ0) is 14.0. The molecule has 0 aliphatic carbocycles. The van der Waals surface area contributed by atoms with Gasteiger partial charge in [-0.05, 0) is 12.1 Å². The predicted octanol–water partition coefficient (Wildman–Crippen LogP) is 0.681. The Kier molecular flexibility index (Phi) is 3.87. The molecule has 1 aliphatic heterocycles. The van der Waals surface area contributed by atoms with Gasteiger partial charge in [0.25, 0.3) is 5.91 Å². The number of anilines is 2. The summed E-state index contributed by atoms with van der Waals surface area (Å²) in [5.74, 6) is -0.315. The van der Waals surface area contributed by atoms with Crippen LogP contribution in [0.3, 0.4) is 0 Å². The molecule has 1 aromatic rings. The molecular formula is C14H18N2O3. The van der Waals surface area contributed by atoms with Crippen molar-refractivity contribution in [1.82, 2.24) is 0 Å². The van der Waals surface area contributed by atoms with Crippen LogP contribution in [-0.4, -0.2) is 42.9 Å². The first-order valence-corrected chi connectivity index (χ1v) is 6.16. The van der Waals surface area contributed by atoms with Gasteiger partial charge < -0.3 is 20.0 Å². The Morgan fingerprint density at radius 2 is 2.26 bits per heavy atom. The molecule has 2 rings (SSSR count). The maximum Gasteiger partial charge on any atom is 0.260 e. The molecule has 0 radical (unpaired) electrons. The number of hydrogen-bond acceptors (Lipinski definition) is 4. The molecule has 5 heteroatoms. The summed E-state index contributed by atoms with van der Waals surface area (Å²) in [6, 6.07) is 5.44. The molecule has 0 spiro atoms. The lowest BCUT2D eigenvalue weighted by Gasteiger charge is -2.23. The minimum absolute atomic E-state index is 0.0440.